The Morgan fingerprint density at radius 1 is 1.37 bits per heavy atom. The molecule has 0 aliphatic carbocycles. The molecule has 0 radical (unpaired) electrons. The number of hydrogen-bond donors (Lipinski definition) is 2. The minimum Gasteiger partial charge on any atom is -0.467 e. The lowest BCUT2D eigenvalue weighted by molar-refractivity contribution is 0.380. The van der Waals surface area contributed by atoms with E-state index in [2.05, 4.69) is 36.2 Å². The van der Waals surface area contributed by atoms with E-state index in [-0.39, 0.29) is 17.9 Å². The van der Waals surface area contributed by atoms with Gasteiger partial charge in [0.2, 0.25) is 11.9 Å². The second-order valence-corrected chi connectivity index (χ2v) is 4.29. The normalized spacial score (nSPS) is 9.74. The summed E-state index contributed by atoms with van der Waals surface area (Å²) in [7, 11) is 1.44. The average Bonchev–Trinajstić information content (AvgIpc) is 2.40. The highest BCUT2D eigenvalue weighted by molar-refractivity contribution is 9.10. The number of nitriles is 1. The van der Waals surface area contributed by atoms with Crippen LogP contribution in [0.5, 0.6) is 6.01 Å². The fraction of sp³-hybridized carbons (Fsp3) is 0.0909. The highest BCUT2D eigenvalue weighted by Crippen LogP contribution is 2.26. The van der Waals surface area contributed by atoms with Gasteiger partial charge in [-0.25, -0.2) is 0 Å². The molecule has 1 aromatic carbocycles. The van der Waals surface area contributed by atoms with Gasteiger partial charge in [0, 0.05) is 4.47 Å². The number of aromatic nitrogens is 3. The lowest BCUT2D eigenvalue weighted by Gasteiger charge is -2.08. The molecular weight excluding hydrogens is 312 g/mol. The van der Waals surface area contributed by atoms with E-state index in [4.69, 9.17) is 15.7 Å². The summed E-state index contributed by atoms with van der Waals surface area (Å²) >= 11 is 3.35. The Hall–Kier alpha value is -2.40. The molecule has 0 spiro atoms. The van der Waals surface area contributed by atoms with Crippen LogP contribution in [-0.2, 0) is 0 Å². The summed E-state index contributed by atoms with van der Waals surface area (Å²) in [5.41, 5.74) is 6.78. The minimum absolute atomic E-state index is 0.0547. The zero-order valence-electron chi connectivity index (χ0n) is 9.88. The zero-order chi connectivity index (χ0) is 13.8. The Morgan fingerprint density at radius 3 is 2.79 bits per heavy atom. The van der Waals surface area contributed by atoms with Crippen molar-refractivity contribution in [2.24, 2.45) is 0 Å². The third kappa shape index (κ3) is 3.08. The topological polar surface area (TPSA) is 110 Å². The first-order chi connectivity index (χ1) is 9.12. The van der Waals surface area contributed by atoms with Crippen molar-refractivity contribution in [3.63, 3.8) is 0 Å². The van der Waals surface area contributed by atoms with Crippen molar-refractivity contribution in [3.05, 3.63) is 28.2 Å². The van der Waals surface area contributed by atoms with E-state index >= 15 is 0 Å². The number of nitrogens with zero attached hydrogens (tertiary/aromatic N) is 4. The molecule has 0 aliphatic heterocycles. The SMILES string of the molecule is COc1nc(N)nc(Nc2ccc(C#N)cc2Br)n1. The van der Waals surface area contributed by atoms with Crippen LogP contribution in [0.4, 0.5) is 17.6 Å². The first-order valence-electron chi connectivity index (χ1n) is 5.14. The average molecular weight is 321 g/mol. The Balaban J connectivity index is 2.31. The number of ether oxygens (including phenoxy) is 1. The van der Waals surface area contributed by atoms with Gasteiger partial charge in [0.05, 0.1) is 24.4 Å². The van der Waals surface area contributed by atoms with Gasteiger partial charge in [-0.2, -0.15) is 20.2 Å². The first-order valence-corrected chi connectivity index (χ1v) is 5.94. The van der Waals surface area contributed by atoms with Crippen molar-refractivity contribution in [3.8, 4) is 12.1 Å². The maximum atomic E-state index is 8.79. The quantitative estimate of drug-likeness (QED) is 0.887. The van der Waals surface area contributed by atoms with Gasteiger partial charge in [-0.3, -0.25) is 0 Å². The number of rotatable bonds is 3. The Kier molecular flexibility index (Phi) is 3.77. The Bertz CT molecular complexity index is 654. The van der Waals surface area contributed by atoms with Gasteiger partial charge in [0.1, 0.15) is 0 Å². The first kappa shape index (κ1) is 13.0. The fourth-order valence-corrected chi connectivity index (χ4v) is 1.80. The molecule has 0 amide bonds. The van der Waals surface area contributed by atoms with Crippen LogP contribution in [0.25, 0.3) is 0 Å². The number of nitrogen functional groups attached to an aromatic ring is 1. The van der Waals surface area contributed by atoms with Crippen LogP contribution in [0.1, 0.15) is 5.56 Å². The molecule has 2 rings (SSSR count). The molecule has 0 fully saturated rings. The molecule has 0 saturated heterocycles. The van der Waals surface area contributed by atoms with Gasteiger partial charge < -0.3 is 15.8 Å². The summed E-state index contributed by atoms with van der Waals surface area (Å²) in [4.78, 5) is 11.7. The van der Waals surface area contributed by atoms with Crippen LogP contribution in [0, 0.1) is 11.3 Å². The third-order valence-corrected chi connectivity index (χ3v) is 2.82. The molecule has 0 bridgehead atoms. The second-order valence-electron chi connectivity index (χ2n) is 3.44. The molecule has 1 heterocycles. The van der Waals surface area contributed by atoms with Gasteiger partial charge >= 0.3 is 6.01 Å². The van der Waals surface area contributed by atoms with Crippen molar-refractivity contribution in [2.45, 2.75) is 0 Å². The van der Waals surface area contributed by atoms with Gasteiger partial charge in [-0.1, -0.05) is 0 Å². The van der Waals surface area contributed by atoms with E-state index in [1.54, 1.807) is 18.2 Å². The maximum absolute atomic E-state index is 8.79. The summed E-state index contributed by atoms with van der Waals surface area (Å²) < 4.78 is 5.62. The summed E-state index contributed by atoms with van der Waals surface area (Å²) in [6, 6.07) is 7.26. The number of anilines is 3. The minimum atomic E-state index is 0.0547. The zero-order valence-corrected chi connectivity index (χ0v) is 11.5. The number of nitrogens with two attached hydrogens (primary N) is 1. The van der Waals surface area contributed by atoms with Crippen LogP contribution in [0.3, 0.4) is 0 Å². The number of benzene rings is 1. The molecule has 7 nitrogen and oxygen atoms in total. The number of nitrogens with one attached hydrogen (secondary N) is 1. The highest BCUT2D eigenvalue weighted by Gasteiger charge is 2.07. The number of hydrogen-bond acceptors (Lipinski definition) is 7. The monoisotopic (exact) mass is 320 g/mol. The molecule has 1 aromatic heterocycles. The predicted molar refractivity (Wildman–Crippen MR) is 72.9 cm³/mol. The summed E-state index contributed by atoms with van der Waals surface area (Å²) in [6.07, 6.45) is 0. The van der Waals surface area contributed by atoms with Crippen LogP contribution < -0.4 is 15.8 Å². The van der Waals surface area contributed by atoms with E-state index in [9.17, 15) is 0 Å². The van der Waals surface area contributed by atoms with E-state index in [0.717, 1.165) is 0 Å². The molecule has 3 N–H and O–H groups in total. The molecule has 0 aliphatic rings. The summed E-state index contributed by atoms with van der Waals surface area (Å²) in [5, 5.41) is 11.8. The van der Waals surface area contributed by atoms with Crippen molar-refractivity contribution in [2.75, 3.05) is 18.2 Å². The third-order valence-electron chi connectivity index (χ3n) is 2.16. The van der Waals surface area contributed by atoms with Crippen molar-refractivity contribution in [1.82, 2.24) is 15.0 Å². The molecule has 0 unspecified atom stereocenters. The van der Waals surface area contributed by atoms with Gasteiger partial charge in [-0.15, -0.1) is 0 Å². The van der Waals surface area contributed by atoms with Crippen LogP contribution in [0.15, 0.2) is 22.7 Å². The second kappa shape index (κ2) is 5.49. The van der Waals surface area contributed by atoms with Crippen molar-refractivity contribution < 1.29 is 4.74 Å². The van der Waals surface area contributed by atoms with E-state index in [1.165, 1.54) is 7.11 Å². The fourth-order valence-electron chi connectivity index (χ4n) is 1.33. The van der Waals surface area contributed by atoms with E-state index < -0.39 is 0 Å². The van der Waals surface area contributed by atoms with Crippen LogP contribution >= 0.6 is 15.9 Å². The molecule has 19 heavy (non-hydrogen) atoms. The maximum Gasteiger partial charge on any atom is 0.322 e. The van der Waals surface area contributed by atoms with E-state index in [1.807, 2.05) is 6.07 Å². The Morgan fingerprint density at radius 2 is 2.16 bits per heavy atom. The number of methoxy groups -OCH3 is 1. The molecule has 0 saturated carbocycles. The molecular formula is C11H9BrN6O. The van der Waals surface area contributed by atoms with Crippen LogP contribution in [0.2, 0.25) is 0 Å². The largest absolute Gasteiger partial charge is 0.467 e. The van der Waals surface area contributed by atoms with Gasteiger partial charge in [-0.05, 0) is 34.1 Å². The van der Waals surface area contributed by atoms with Gasteiger partial charge in [0.15, 0.2) is 0 Å². The standard InChI is InChI=1S/C11H9BrN6O/c1-19-11-17-9(14)16-10(18-11)15-8-3-2-6(5-13)4-7(8)12/h2-4H,1H3,(H3,14,15,16,17,18). The Labute approximate surface area is 117 Å². The van der Waals surface area contributed by atoms with E-state index in [0.29, 0.717) is 15.7 Å². The number of halogens is 1. The molecule has 2 aromatic rings. The van der Waals surface area contributed by atoms with Crippen LogP contribution in [-0.4, -0.2) is 22.1 Å². The van der Waals surface area contributed by atoms with Gasteiger partial charge in [0.25, 0.3) is 0 Å². The predicted octanol–water partition coefficient (Wildman–Crippen LogP) is 1.84. The van der Waals surface area contributed by atoms with Crippen molar-refractivity contribution >= 4 is 33.5 Å². The molecule has 8 heteroatoms. The molecule has 0 atom stereocenters. The highest BCUT2D eigenvalue weighted by atomic mass is 79.9. The summed E-state index contributed by atoms with van der Waals surface area (Å²) in [5.74, 6) is 0.314. The molecule has 96 valence electrons. The lowest BCUT2D eigenvalue weighted by Crippen LogP contribution is -2.05. The lowest BCUT2D eigenvalue weighted by atomic mass is 10.2. The van der Waals surface area contributed by atoms with Crippen molar-refractivity contribution in [1.29, 1.82) is 5.26 Å². The summed E-state index contributed by atoms with van der Waals surface area (Å²) in [6.45, 7) is 0. The smallest absolute Gasteiger partial charge is 0.322 e.